The van der Waals surface area contributed by atoms with Crippen molar-refractivity contribution < 1.29 is 9.59 Å². The van der Waals surface area contributed by atoms with Gasteiger partial charge in [-0.2, -0.15) is 0 Å². The lowest BCUT2D eigenvalue weighted by Crippen LogP contribution is -2.20. The second-order valence-corrected chi connectivity index (χ2v) is 5.00. The quantitative estimate of drug-likeness (QED) is 0.820. The first kappa shape index (κ1) is 11.3. The smallest absolute Gasteiger partial charge is 0.226 e. The molecule has 4 nitrogen and oxygen atoms in total. The van der Waals surface area contributed by atoms with E-state index in [0.29, 0.717) is 23.2 Å². The van der Waals surface area contributed by atoms with Gasteiger partial charge in [0.05, 0.1) is 0 Å². The van der Waals surface area contributed by atoms with Gasteiger partial charge in [0.1, 0.15) is 5.69 Å². The molecule has 1 amide bonds. The molecule has 0 radical (unpaired) electrons. The van der Waals surface area contributed by atoms with Crippen molar-refractivity contribution in [1.29, 1.82) is 0 Å². The number of nitrogens with zero attached hydrogens (tertiary/aromatic N) is 1. The molecule has 5 heteroatoms. The molecule has 0 aromatic carbocycles. The number of amides is 1. The molecule has 1 aromatic heterocycles. The van der Waals surface area contributed by atoms with Crippen LogP contribution < -0.4 is 5.32 Å². The Morgan fingerprint density at radius 1 is 1.56 bits per heavy atom. The number of anilines is 1. The fourth-order valence-corrected chi connectivity index (χ4v) is 2.39. The number of ketones is 1. The van der Waals surface area contributed by atoms with Crippen LogP contribution in [0.4, 0.5) is 5.13 Å². The van der Waals surface area contributed by atoms with Gasteiger partial charge in [-0.05, 0) is 18.8 Å². The molecule has 0 aliphatic heterocycles. The molecule has 1 aromatic rings. The highest BCUT2D eigenvalue weighted by Gasteiger charge is 2.21. The molecule has 0 saturated heterocycles. The fourth-order valence-electron chi connectivity index (χ4n) is 1.62. The number of Topliss-reactive ketones (excluding diaryl/α,β-unsaturated/α-hetero) is 1. The monoisotopic (exact) mass is 238 g/mol. The van der Waals surface area contributed by atoms with Crippen molar-refractivity contribution in [2.45, 2.75) is 32.6 Å². The van der Waals surface area contributed by atoms with Gasteiger partial charge < -0.3 is 5.32 Å². The molecule has 16 heavy (non-hydrogen) atoms. The van der Waals surface area contributed by atoms with Gasteiger partial charge in [0.25, 0.3) is 0 Å². The van der Waals surface area contributed by atoms with Gasteiger partial charge in [0.15, 0.2) is 10.9 Å². The SMILES string of the molecule is CC(=O)c1csc(NC(=O)CC2CCC2)n1. The van der Waals surface area contributed by atoms with Gasteiger partial charge in [0.2, 0.25) is 5.91 Å². The van der Waals surface area contributed by atoms with Crippen LogP contribution in [0.2, 0.25) is 0 Å². The Hall–Kier alpha value is -1.23. The van der Waals surface area contributed by atoms with Gasteiger partial charge in [-0.1, -0.05) is 6.42 Å². The molecular formula is C11H14N2O2S. The van der Waals surface area contributed by atoms with Crippen molar-refractivity contribution in [3.8, 4) is 0 Å². The maximum Gasteiger partial charge on any atom is 0.226 e. The first-order chi connectivity index (χ1) is 7.65. The number of rotatable bonds is 4. The largest absolute Gasteiger partial charge is 0.302 e. The molecule has 1 fully saturated rings. The van der Waals surface area contributed by atoms with Crippen LogP contribution in [-0.2, 0) is 4.79 Å². The first-order valence-electron chi connectivity index (χ1n) is 5.41. The maximum atomic E-state index is 11.6. The Bertz CT molecular complexity index is 410. The molecular weight excluding hydrogens is 224 g/mol. The van der Waals surface area contributed by atoms with E-state index in [2.05, 4.69) is 10.3 Å². The normalized spacial score (nSPS) is 15.6. The number of thiazole rings is 1. The van der Waals surface area contributed by atoms with E-state index in [1.807, 2.05) is 0 Å². The maximum absolute atomic E-state index is 11.6. The summed E-state index contributed by atoms with van der Waals surface area (Å²) in [6.07, 6.45) is 4.13. The van der Waals surface area contributed by atoms with Gasteiger partial charge in [-0.3, -0.25) is 9.59 Å². The third kappa shape index (κ3) is 2.66. The molecule has 0 bridgehead atoms. The first-order valence-corrected chi connectivity index (χ1v) is 6.29. The summed E-state index contributed by atoms with van der Waals surface area (Å²) in [5, 5.41) is 4.92. The summed E-state index contributed by atoms with van der Waals surface area (Å²) in [5.74, 6) is 0.483. The zero-order chi connectivity index (χ0) is 11.5. The lowest BCUT2D eigenvalue weighted by atomic mass is 9.83. The Morgan fingerprint density at radius 2 is 2.31 bits per heavy atom. The van der Waals surface area contributed by atoms with Crippen molar-refractivity contribution in [2.75, 3.05) is 5.32 Å². The molecule has 0 spiro atoms. The number of carbonyl (C=O) groups excluding carboxylic acids is 2. The lowest BCUT2D eigenvalue weighted by molar-refractivity contribution is -0.117. The predicted molar refractivity (Wildman–Crippen MR) is 62.7 cm³/mol. The van der Waals surface area contributed by atoms with Crippen LogP contribution in [0.1, 0.15) is 43.1 Å². The number of hydrogen-bond acceptors (Lipinski definition) is 4. The van der Waals surface area contributed by atoms with Crippen LogP contribution in [0.25, 0.3) is 0 Å². The van der Waals surface area contributed by atoms with E-state index in [9.17, 15) is 9.59 Å². The van der Waals surface area contributed by atoms with Crippen LogP contribution in [-0.4, -0.2) is 16.7 Å². The van der Waals surface area contributed by atoms with E-state index >= 15 is 0 Å². The highest BCUT2D eigenvalue weighted by atomic mass is 32.1. The average Bonchev–Trinajstić information content (AvgIpc) is 2.60. The van der Waals surface area contributed by atoms with E-state index in [0.717, 1.165) is 12.8 Å². The van der Waals surface area contributed by atoms with Gasteiger partial charge in [-0.25, -0.2) is 4.98 Å². The minimum absolute atomic E-state index is 0.00847. The summed E-state index contributed by atoms with van der Waals surface area (Å²) in [6, 6.07) is 0. The zero-order valence-electron chi connectivity index (χ0n) is 9.16. The van der Waals surface area contributed by atoms with Crippen molar-refractivity contribution >= 4 is 28.2 Å². The molecule has 1 saturated carbocycles. The zero-order valence-corrected chi connectivity index (χ0v) is 9.97. The molecule has 1 aliphatic rings. The minimum Gasteiger partial charge on any atom is -0.302 e. The highest BCUT2D eigenvalue weighted by molar-refractivity contribution is 7.14. The van der Waals surface area contributed by atoms with Crippen LogP contribution in [0.3, 0.4) is 0 Å². The molecule has 86 valence electrons. The van der Waals surface area contributed by atoms with Gasteiger partial charge in [0, 0.05) is 18.7 Å². The van der Waals surface area contributed by atoms with Crippen LogP contribution >= 0.6 is 11.3 Å². The molecule has 1 heterocycles. The molecule has 0 unspecified atom stereocenters. The highest BCUT2D eigenvalue weighted by Crippen LogP contribution is 2.29. The number of aromatic nitrogens is 1. The second-order valence-electron chi connectivity index (χ2n) is 4.14. The predicted octanol–water partition coefficient (Wildman–Crippen LogP) is 2.47. The summed E-state index contributed by atoms with van der Waals surface area (Å²) >= 11 is 1.30. The summed E-state index contributed by atoms with van der Waals surface area (Å²) in [7, 11) is 0. The summed E-state index contributed by atoms with van der Waals surface area (Å²) < 4.78 is 0. The van der Waals surface area contributed by atoms with Crippen molar-refractivity contribution in [3.63, 3.8) is 0 Å². The van der Waals surface area contributed by atoms with Crippen LogP contribution in [0.5, 0.6) is 0 Å². The third-order valence-corrected chi connectivity index (χ3v) is 3.57. The third-order valence-electron chi connectivity index (χ3n) is 2.81. The lowest BCUT2D eigenvalue weighted by Gasteiger charge is -2.24. The molecule has 1 N–H and O–H groups in total. The average molecular weight is 238 g/mol. The standard InChI is InChI=1S/C11H14N2O2S/c1-7(14)9-6-16-11(12-9)13-10(15)5-8-3-2-4-8/h6,8H,2-5H2,1H3,(H,12,13,15). The Morgan fingerprint density at radius 3 is 2.81 bits per heavy atom. The summed E-state index contributed by atoms with van der Waals surface area (Å²) in [6.45, 7) is 1.47. The Balaban J connectivity index is 1.87. The van der Waals surface area contributed by atoms with Crippen molar-refractivity contribution in [1.82, 2.24) is 4.98 Å². The van der Waals surface area contributed by atoms with E-state index in [1.54, 1.807) is 5.38 Å². The van der Waals surface area contributed by atoms with Crippen molar-refractivity contribution in [3.05, 3.63) is 11.1 Å². The van der Waals surface area contributed by atoms with E-state index < -0.39 is 0 Å². The fraction of sp³-hybridized carbons (Fsp3) is 0.545. The van der Waals surface area contributed by atoms with Gasteiger partial charge >= 0.3 is 0 Å². The van der Waals surface area contributed by atoms with Crippen LogP contribution in [0, 0.1) is 5.92 Å². The number of nitrogens with one attached hydrogen (secondary N) is 1. The minimum atomic E-state index is -0.0734. The topological polar surface area (TPSA) is 59.1 Å². The summed E-state index contributed by atoms with van der Waals surface area (Å²) in [4.78, 5) is 26.6. The van der Waals surface area contributed by atoms with Gasteiger partial charge in [-0.15, -0.1) is 11.3 Å². The summed E-state index contributed by atoms with van der Waals surface area (Å²) in [5.41, 5.74) is 0.420. The van der Waals surface area contributed by atoms with Crippen LogP contribution in [0.15, 0.2) is 5.38 Å². The number of hydrogen-bond donors (Lipinski definition) is 1. The second kappa shape index (κ2) is 4.74. The van der Waals surface area contributed by atoms with E-state index in [4.69, 9.17) is 0 Å². The number of carbonyl (C=O) groups is 2. The van der Waals surface area contributed by atoms with E-state index in [1.165, 1.54) is 24.7 Å². The molecule has 1 aliphatic carbocycles. The van der Waals surface area contributed by atoms with Crippen molar-refractivity contribution in [2.24, 2.45) is 5.92 Å². The molecule has 0 atom stereocenters. The molecule has 2 rings (SSSR count). The Labute approximate surface area is 98.1 Å². The Kier molecular flexibility index (Phi) is 3.33. The van der Waals surface area contributed by atoms with E-state index in [-0.39, 0.29) is 11.7 Å².